The first kappa shape index (κ1) is 17.5. The van der Waals surface area contributed by atoms with Gasteiger partial charge < -0.3 is 15.4 Å². The molecule has 2 aromatic carbocycles. The predicted octanol–water partition coefficient (Wildman–Crippen LogP) is 3.95. The molecule has 0 aliphatic carbocycles. The Morgan fingerprint density at radius 1 is 1.08 bits per heavy atom. The van der Waals surface area contributed by atoms with Gasteiger partial charge in [0.1, 0.15) is 0 Å². The maximum Gasteiger partial charge on any atom is 0.227 e. The number of amides is 1. The van der Waals surface area contributed by atoms with Crippen molar-refractivity contribution in [3.8, 4) is 0 Å². The zero-order valence-electron chi connectivity index (χ0n) is 14.7. The lowest BCUT2D eigenvalue weighted by Crippen LogP contribution is -2.34. The van der Waals surface area contributed by atoms with Crippen LogP contribution in [0.25, 0.3) is 0 Å². The van der Waals surface area contributed by atoms with Crippen molar-refractivity contribution in [2.75, 3.05) is 30.4 Å². The summed E-state index contributed by atoms with van der Waals surface area (Å²) in [7, 11) is 0. The Kier molecular flexibility index (Phi) is 6.07. The van der Waals surface area contributed by atoms with Gasteiger partial charge in [-0.25, -0.2) is 0 Å². The lowest BCUT2D eigenvalue weighted by molar-refractivity contribution is -0.125. The Labute approximate surface area is 149 Å². The van der Waals surface area contributed by atoms with Crippen LogP contribution in [0, 0.1) is 11.8 Å². The molecule has 1 heterocycles. The molecular weight excluding hydrogens is 312 g/mol. The SMILES string of the molecule is C[C@H]1COCC[C@H]1C(=O)Nc1ccc(NCCc2ccccc2)cc1. The second-order valence-electron chi connectivity index (χ2n) is 6.68. The summed E-state index contributed by atoms with van der Waals surface area (Å²) >= 11 is 0. The summed E-state index contributed by atoms with van der Waals surface area (Å²) in [6, 6.07) is 18.3. The van der Waals surface area contributed by atoms with E-state index in [0.29, 0.717) is 13.2 Å². The second-order valence-corrected chi connectivity index (χ2v) is 6.68. The Bertz CT molecular complexity index is 670. The van der Waals surface area contributed by atoms with Gasteiger partial charge in [-0.1, -0.05) is 37.3 Å². The van der Waals surface area contributed by atoms with E-state index in [2.05, 4.69) is 41.8 Å². The number of ether oxygens (including phenoxy) is 1. The first-order chi connectivity index (χ1) is 12.2. The highest BCUT2D eigenvalue weighted by atomic mass is 16.5. The molecule has 1 aliphatic heterocycles. The molecule has 0 unspecified atom stereocenters. The summed E-state index contributed by atoms with van der Waals surface area (Å²) in [5.74, 6) is 0.408. The zero-order chi connectivity index (χ0) is 17.5. The van der Waals surface area contributed by atoms with Crippen molar-refractivity contribution in [2.45, 2.75) is 19.8 Å². The molecule has 2 atom stereocenters. The number of nitrogens with one attached hydrogen (secondary N) is 2. The van der Waals surface area contributed by atoms with Gasteiger partial charge in [0.2, 0.25) is 5.91 Å². The van der Waals surface area contributed by atoms with Gasteiger partial charge in [0.25, 0.3) is 0 Å². The molecule has 3 rings (SSSR count). The van der Waals surface area contributed by atoms with Gasteiger partial charge in [0.05, 0.1) is 0 Å². The molecule has 2 N–H and O–H groups in total. The van der Waals surface area contributed by atoms with E-state index < -0.39 is 0 Å². The molecule has 1 saturated heterocycles. The fourth-order valence-corrected chi connectivity index (χ4v) is 3.17. The van der Waals surface area contributed by atoms with Crippen molar-refractivity contribution in [1.82, 2.24) is 0 Å². The van der Waals surface area contributed by atoms with Crippen molar-refractivity contribution in [3.05, 3.63) is 60.2 Å². The molecule has 2 aromatic rings. The monoisotopic (exact) mass is 338 g/mol. The smallest absolute Gasteiger partial charge is 0.227 e. The third-order valence-electron chi connectivity index (χ3n) is 4.72. The number of hydrogen-bond donors (Lipinski definition) is 2. The third-order valence-corrected chi connectivity index (χ3v) is 4.72. The van der Waals surface area contributed by atoms with Gasteiger partial charge in [-0.2, -0.15) is 0 Å². The Hall–Kier alpha value is -2.33. The van der Waals surface area contributed by atoms with E-state index in [1.807, 2.05) is 30.3 Å². The molecule has 132 valence electrons. The van der Waals surface area contributed by atoms with Crippen molar-refractivity contribution in [1.29, 1.82) is 0 Å². The van der Waals surface area contributed by atoms with Crippen LogP contribution in [-0.2, 0) is 16.0 Å². The van der Waals surface area contributed by atoms with Crippen molar-refractivity contribution in [3.63, 3.8) is 0 Å². The van der Waals surface area contributed by atoms with Crippen molar-refractivity contribution < 1.29 is 9.53 Å². The van der Waals surface area contributed by atoms with Gasteiger partial charge in [0, 0.05) is 37.1 Å². The van der Waals surface area contributed by atoms with Crippen molar-refractivity contribution >= 4 is 17.3 Å². The van der Waals surface area contributed by atoms with E-state index >= 15 is 0 Å². The topological polar surface area (TPSA) is 50.4 Å². The van der Waals surface area contributed by atoms with Crippen LogP contribution >= 0.6 is 0 Å². The van der Waals surface area contributed by atoms with Crippen molar-refractivity contribution in [2.24, 2.45) is 11.8 Å². The molecule has 0 bridgehead atoms. The molecule has 1 aliphatic rings. The number of carbonyl (C=O) groups excluding carboxylic acids is 1. The first-order valence-corrected chi connectivity index (χ1v) is 8.99. The largest absolute Gasteiger partial charge is 0.385 e. The lowest BCUT2D eigenvalue weighted by Gasteiger charge is -2.27. The Balaban J connectivity index is 1.47. The molecule has 4 nitrogen and oxygen atoms in total. The van der Waals surface area contributed by atoms with Crippen LogP contribution in [0.4, 0.5) is 11.4 Å². The zero-order valence-corrected chi connectivity index (χ0v) is 14.7. The summed E-state index contributed by atoms with van der Waals surface area (Å²) in [6.45, 7) is 4.30. The molecule has 0 aromatic heterocycles. The number of rotatable bonds is 6. The van der Waals surface area contributed by atoms with Crippen LogP contribution in [0.3, 0.4) is 0 Å². The molecule has 1 amide bonds. The molecule has 0 radical (unpaired) electrons. The normalized spacial score (nSPS) is 20.0. The van der Waals surface area contributed by atoms with Crippen LogP contribution in [0.2, 0.25) is 0 Å². The Morgan fingerprint density at radius 3 is 2.52 bits per heavy atom. The minimum Gasteiger partial charge on any atom is -0.385 e. The van der Waals surface area contributed by atoms with E-state index in [1.165, 1.54) is 5.56 Å². The van der Waals surface area contributed by atoms with Gasteiger partial charge in [-0.05, 0) is 48.6 Å². The lowest BCUT2D eigenvalue weighted by atomic mass is 9.89. The van der Waals surface area contributed by atoms with Crippen LogP contribution in [-0.4, -0.2) is 25.7 Å². The minimum atomic E-state index is 0.0393. The highest BCUT2D eigenvalue weighted by molar-refractivity contribution is 5.92. The second kappa shape index (κ2) is 8.67. The van der Waals surface area contributed by atoms with E-state index in [-0.39, 0.29) is 17.7 Å². The molecule has 1 fully saturated rings. The van der Waals surface area contributed by atoms with Crippen LogP contribution < -0.4 is 10.6 Å². The minimum absolute atomic E-state index is 0.0393. The van der Waals surface area contributed by atoms with E-state index in [4.69, 9.17) is 4.74 Å². The highest BCUT2D eigenvalue weighted by Crippen LogP contribution is 2.23. The fraction of sp³-hybridized carbons (Fsp3) is 0.381. The molecule has 4 heteroatoms. The average Bonchev–Trinajstić information content (AvgIpc) is 2.64. The summed E-state index contributed by atoms with van der Waals surface area (Å²) in [6.07, 6.45) is 1.78. The number of carbonyl (C=O) groups is 1. The van der Waals surface area contributed by atoms with Gasteiger partial charge in [-0.3, -0.25) is 4.79 Å². The van der Waals surface area contributed by atoms with Gasteiger partial charge in [0.15, 0.2) is 0 Å². The summed E-state index contributed by atoms with van der Waals surface area (Å²) in [5, 5.41) is 6.44. The fourth-order valence-electron chi connectivity index (χ4n) is 3.17. The molecule has 0 saturated carbocycles. The molecule has 25 heavy (non-hydrogen) atoms. The van der Waals surface area contributed by atoms with Crippen LogP contribution in [0.5, 0.6) is 0 Å². The van der Waals surface area contributed by atoms with Crippen LogP contribution in [0.1, 0.15) is 18.9 Å². The Morgan fingerprint density at radius 2 is 1.80 bits per heavy atom. The number of anilines is 2. The van der Waals surface area contributed by atoms with Crippen LogP contribution in [0.15, 0.2) is 54.6 Å². The quantitative estimate of drug-likeness (QED) is 0.838. The molecule has 0 spiro atoms. The van der Waals surface area contributed by atoms with E-state index in [1.54, 1.807) is 0 Å². The van der Waals surface area contributed by atoms with E-state index in [9.17, 15) is 4.79 Å². The van der Waals surface area contributed by atoms with Gasteiger partial charge >= 0.3 is 0 Å². The predicted molar refractivity (Wildman–Crippen MR) is 102 cm³/mol. The standard InChI is InChI=1S/C21H26N2O2/c1-16-15-25-14-12-20(16)21(24)23-19-9-7-18(8-10-19)22-13-11-17-5-3-2-4-6-17/h2-10,16,20,22H,11-15H2,1H3,(H,23,24)/t16-,20+/m0/s1. The maximum absolute atomic E-state index is 12.4. The summed E-state index contributed by atoms with van der Waals surface area (Å²) in [4.78, 5) is 12.4. The summed E-state index contributed by atoms with van der Waals surface area (Å²) in [5.41, 5.74) is 3.23. The highest BCUT2D eigenvalue weighted by Gasteiger charge is 2.28. The van der Waals surface area contributed by atoms with Gasteiger partial charge in [-0.15, -0.1) is 0 Å². The number of hydrogen-bond acceptors (Lipinski definition) is 3. The summed E-state index contributed by atoms with van der Waals surface area (Å²) < 4.78 is 5.41. The molecular formula is C21H26N2O2. The first-order valence-electron chi connectivity index (χ1n) is 8.99. The number of benzene rings is 2. The maximum atomic E-state index is 12.4. The van der Waals surface area contributed by atoms with E-state index in [0.717, 1.165) is 30.8 Å². The third kappa shape index (κ3) is 5.07. The average molecular weight is 338 g/mol.